The Balaban J connectivity index is 0.00000200. The molecule has 0 saturated carbocycles. The maximum Gasteiger partial charge on any atom is 0.191 e. The Bertz CT molecular complexity index is 421. The largest absolute Gasteiger partial charge is 0.376 e. The molecule has 0 spiro atoms. The standard InChI is InChI=1S/C13H19ClN4O.HI/c1-15-13(18-9-11-3-2-6-19-11)17-8-10-4-5-12(14)16-7-10;/h4-5,7,11H,2-3,6,8-9H2,1H3,(H2,15,17,18);1H. The van der Waals surface area contributed by atoms with Gasteiger partial charge >= 0.3 is 0 Å². The summed E-state index contributed by atoms with van der Waals surface area (Å²) in [5, 5.41) is 6.99. The number of guanidine groups is 1. The van der Waals surface area contributed by atoms with Crippen LogP contribution in [0, 0.1) is 0 Å². The normalized spacial score (nSPS) is 18.5. The zero-order chi connectivity index (χ0) is 13.5. The minimum absolute atomic E-state index is 0. The molecule has 0 aromatic carbocycles. The fraction of sp³-hybridized carbons (Fsp3) is 0.538. The molecule has 1 fully saturated rings. The molecule has 0 amide bonds. The third-order valence-electron chi connectivity index (χ3n) is 2.99. The Morgan fingerprint density at radius 2 is 2.35 bits per heavy atom. The van der Waals surface area contributed by atoms with Gasteiger partial charge < -0.3 is 15.4 Å². The molecule has 20 heavy (non-hydrogen) atoms. The summed E-state index contributed by atoms with van der Waals surface area (Å²) in [5.41, 5.74) is 1.06. The van der Waals surface area contributed by atoms with Gasteiger partial charge in [0.05, 0.1) is 6.10 Å². The minimum Gasteiger partial charge on any atom is -0.376 e. The van der Waals surface area contributed by atoms with Crippen LogP contribution in [0.2, 0.25) is 5.15 Å². The smallest absolute Gasteiger partial charge is 0.191 e. The van der Waals surface area contributed by atoms with Crippen LogP contribution in [0.1, 0.15) is 18.4 Å². The highest BCUT2D eigenvalue weighted by atomic mass is 127. The van der Waals surface area contributed by atoms with Crippen molar-refractivity contribution < 1.29 is 4.74 Å². The van der Waals surface area contributed by atoms with Crippen molar-refractivity contribution in [1.29, 1.82) is 0 Å². The molecular formula is C13H20ClIN4O. The van der Waals surface area contributed by atoms with Crippen molar-refractivity contribution in [3.05, 3.63) is 29.0 Å². The molecule has 5 nitrogen and oxygen atoms in total. The number of aromatic nitrogens is 1. The lowest BCUT2D eigenvalue weighted by molar-refractivity contribution is 0.114. The fourth-order valence-corrected chi connectivity index (χ4v) is 2.05. The molecule has 112 valence electrons. The number of hydrogen-bond donors (Lipinski definition) is 2. The maximum atomic E-state index is 5.74. The first kappa shape index (κ1) is 17.5. The molecule has 2 N–H and O–H groups in total. The predicted molar refractivity (Wildman–Crippen MR) is 91.8 cm³/mol. The van der Waals surface area contributed by atoms with E-state index in [0.29, 0.717) is 17.8 Å². The Labute approximate surface area is 141 Å². The van der Waals surface area contributed by atoms with Crippen molar-refractivity contribution in [3.8, 4) is 0 Å². The second-order valence-corrected chi connectivity index (χ2v) is 4.82. The minimum atomic E-state index is 0. The van der Waals surface area contributed by atoms with Gasteiger partial charge in [0.15, 0.2) is 5.96 Å². The molecule has 1 aromatic rings. The van der Waals surface area contributed by atoms with E-state index in [4.69, 9.17) is 16.3 Å². The first-order valence-corrected chi connectivity index (χ1v) is 6.82. The summed E-state index contributed by atoms with van der Waals surface area (Å²) in [7, 11) is 1.75. The van der Waals surface area contributed by atoms with E-state index in [-0.39, 0.29) is 24.0 Å². The Morgan fingerprint density at radius 1 is 1.50 bits per heavy atom. The fourth-order valence-electron chi connectivity index (χ4n) is 1.93. The van der Waals surface area contributed by atoms with Gasteiger partial charge in [0.2, 0.25) is 0 Å². The SMILES string of the molecule is CN=C(NCc1ccc(Cl)nc1)NCC1CCCO1.I. The quantitative estimate of drug-likeness (QED) is 0.346. The van der Waals surface area contributed by atoms with Crippen LogP contribution in [0.5, 0.6) is 0 Å². The van der Waals surface area contributed by atoms with Gasteiger partial charge in [-0.15, -0.1) is 24.0 Å². The molecule has 2 heterocycles. The molecule has 1 atom stereocenters. The van der Waals surface area contributed by atoms with Crippen LogP contribution in [0.4, 0.5) is 0 Å². The Morgan fingerprint density at radius 3 is 2.95 bits per heavy atom. The van der Waals surface area contributed by atoms with E-state index < -0.39 is 0 Å². The van der Waals surface area contributed by atoms with E-state index in [1.165, 1.54) is 0 Å². The molecule has 7 heteroatoms. The van der Waals surface area contributed by atoms with E-state index in [0.717, 1.165) is 37.5 Å². The van der Waals surface area contributed by atoms with Crippen LogP contribution in [0.25, 0.3) is 0 Å². The maximum absolute atomic E-state index is 5.74. The number of ether oxygens (including phenoxy) is 1. The van der Waals surface area contributed by atoms with Crippen LogP contribution in [-0.4, -0.2) is 37.2 Å². The van der Waals surface area contributed by atoms with E-state index >= 15 is 0 Å². The summed E-state index contributed by atoms with van der Waals surface area (Å²) in [4.78, 5) is 8.21. The van der Waals surface area contributed by atoms with E-state index in [2.05, 4.69) is 20.6 Å². The average molecular weight is 411 g/mol. The summed E-state index contributed by atoms with van der Waals surface area (Å²) in [5.74, 6) is 0.769. The summed E-state index contributed by atoms with van der Waals surface area (Å²) in [6, 6.07) is 3.72. The molecule has 0 aliphatic carbocycles. The zero-order valence-corrected chi connectivity index (χ0v) is 14.5. The summed E-state index contributed by atoms with van der Waals surface area (Å²) < 4.78 is 5.55. The molecule has 1 aliphatic heterocycles. The zero-order valence-electron chi connectivity index (χ0n) is 11.4. The molecular weight excluding hydrogens is 391 g/mol. The first-order chi connectivity index (χ1) is 9.28. The third-order valence-corrected chi connectivity index (χ3v) is 3.22. The molecule has 1 aromatic heterocycles. The average Bonchev–Trinajstić information content (AvgIpc) is 2.94. The van der Waals surface area contributed by atoms with Gasteiger partial charge in [0, 0.05) is 32.9 Å². The van der Waals surface area contributed by atoms with Gasteiger partial charge in [-0.2, -0.15) is 0 Å². The van der Waals surface area contributed by atoms with Gasteiger partial charge in [-0.25, -0.2) is 4.98 Å². The summed E-state index contributed by atoms with van der Waals surface area (Å²) in [6.07, 6.45) is 4.32. The third kappa shape index (κ3) is 5.80. The number of nitrogens with one attached hydrogen (secondary N) is 2. The van der Waals surface area contributed by atoms with Crippen LogP contribution in [-0.2, 0) is 11.3 Å². The van der Waals surface area contributed by atoms with E-state index in [1.54, 1.807) is 19.3 Å². The number of pyridine rings is 1. The number of rotatable bonds is 4. The van der Waals surface area contributed by atoms with Crippen molar-refractivity contribution in [1.82, 2.24) is 15.6 Å². The highest BCUT2D eigenvalue weighted by Gasteiger charge is 2.15. The summed E-state index contributed by atoms with van der Waals surface area (Å²) >= 11 is 5.74. The number of halogens is 2. The highest BCUT2D eigenvalue weighted by Crippen LogP contribution is 2.10. The van der Waals surface area contributed by atoms with Crippen molar-refractivity contribution in [3.63, 3.8) is 0 Å². The van der Waals surface area contributed by atoms with Crippen molar-refractivity contribution >= 4 is 41.5 Å². The lowest BCUT2D eigenvalue weighted by Crippen LogP contribution is -2.40. The molecule has 2 rings (SSSR count). The lowest BCUT2D eigenvalue weighted by atomic mass is 10.2. The molecule has 1 unspecified atom stereocenters. The van der Waals surface area contributed by atoms with Gasteiger partial charge in [-0.05, 0) is 24.5 Å². The monoisotopic (exact) mass is 410 g/mol. The molecule has 1 aliphatic rings. The topological polar surface area (TPSA) is 58.5 Å². The predicted octanol–water partition coefficient (Wildman–Crippen LogP) is 2.20. The molecule has 0 radical (unpaired) electrons. The Hall–Kier alpha value is -0.600. The van der Waals surface area contributed by atoms with Gasteiger partial charge in [0.25, 0.3) is 0 Å². The van der Waals surface area contributed by atoms with Crippen molar-refractivity contribution in [2.45, 2.75) is 25.5 Å². The van der Waals surface area contributed by atoms with Crippen LogP contribution in [0.15, 0.2) is 23.3 Å². The number of hydrogen-bond acceptors (Lipinski definition) is 3. The van der Waals surface area contributed by atoms with Crippen LogP contribution < -0.4 is 10.6 Å². The lowest BCUT2D eigenvalue weighted by Gasteiger charge is -2.15. The molecule has 1 saturated heterocycles. The van der Waals surface area contributed by atoms with E-state index in [9.17, 15) is 0 Å². The van der Waals surface area contributed by atoms with Gasteiger partial charge in [0.1, 0.15) is 5.15 Å². The Kier molecular flexibility index (Phi) is 8.16. The second-order valence-electron chi connectivity index (χ2n) is 4.43. The summed E-state index contributed by atoms with van der Waals surface area (Å²) in [6.45, 7) is 2.32. The number of nitrogens with zero attached hydrogens (tertiary/aromatic N) is 2. The van der Waals surface area contributed by atoms with Crippen LogP contribution >= 0.6 is 35.6 Å². The number of aliphatic imine (C=N–C) groups is 1. The highest BCUT2D eigenvalue weighted by molar-refractivity contribution is 14.0. The first-order valence-electron chi connectivity index (χ1n) is 6.44. The van der Waals surface area contributed by atoms with Crippen molar-refractivity contribution in [2.24, 2.45) is 4.99 Å². The second kappa shape index (κ2) is 9.36. The van der Waals surface area contributed by atoms with Crippen LogP contribution in [0.3, 0.4) is 0 Å². The van der Waals surface area contributed by atoms with Gasteiger partial charge in [-0.1, -0.05) is 17.7 Å². The van der Waals surface area contributed by atoms with Gasteiger partial charge in [-0.3, -0.25) is 4.99 Å². The van der Waals surface area contributed by atoms with E-state index in [1.807, 2.05) is 6.07 Å². The van der Waals surface area contributed by atoms with Crippen molar-refractivity contribution in [2.75, 3.05) is 20.2 Å². The molecule has 0 bridgehead atoms.